The van der Waals surface area contributed by atoms with E-state index < -0.39 is 0 Å². The van der Waals surface area contributed by atoms with E-state index in [0.717, 1.165) is 6.42 Å². The summed E-state index contributed by atoms with van der Waals surface area (Å²) in [4.78, 5) is 0. The average molecular weight is 233 g/mol. The zero-order valence-corrected chi connectivity index (χ0v) is 10.7. The molecule has 0 spiro atoms. The molecule has 3 aromatic carbocycles. The molecule has 0 saturated carbocycles. The SMILES string of the molecule is CCCCc1[c]cc2cc3ccccc3cc2c1. The van der Waals surface area contributed by atoms with Crippen molar-refractivity contribution in [1.29, 1.82) is 0 Å². The van der Waals surface area contributed by atoms with Crippen LogP contribution in [0.3, 0.4) is 0 Å². The number of unbranched alkanes of at least 4 members (excludes halogenated alkanes) is 1. The van der Waals surface area contributed by atoms with E-state index in [2.05, 4.69) is 61.5 Å². The highest BCUT2D eigenvalue weighted by Crippen LogP contribution is 2.23. The summed E-state index contributed by atoms with van der Waals surface area (Å²) >= 11 is 0. The van der Waals surface area contributed by atoms with Crippen molar-refractivity contribution in [2.75, 3.05) is 0 Å². The summed E-state index contributed by atoms with van der Waals surface area (Å²) in [7, 11) is 0. The maximum atomic E-state index is 3.41. The van der Waals surface area contributed by atoms with Crippen molar-refractivity contribution in [1.82, 2.24) is 0 Å². The van der Waals surface area contributed by atoms with Gasteiger partial charge in [-0.2, -0.15) is 0 Å². The van der Waals surface area contributed by atoms with Gasteiger partial charge < -0.3 is 0 Å². The van der Waals surface area contributed by atoms with Gasteiger partial charge in [0, 0.05) is 0 Å². The second-order valence-electron chi connectivity index (χ2n) is 4.89. The lowest BCUT2D eigenvalue weighted by atomic mass is 10.00. The summed E-state index contributed by atoms with van der Waals surface area (Å²) in [5.74, 6) is 0. The predicted octanol–water partition coefficient (Wildman–Crippen LogP) is 5.14. The summed E-state index contributed by atoms with van der Waals surface area (Å²) < 4.78 is 0. The molecule has 0 aliphatic carbocycles. The molecule has 0 saturated heterocycles. The minimum Gasteiger partial charge on any atom is -0.0654 e. The molecule has 3 rings (SSSR count). The maximum absolute atomic E-state index is 3.41. The molecule has 0 aliphatic rings. The van der Waals surface area contributed by atoms with Crippen LogP contribution in [0.2, 0.25) is 0 Å². The Morgan fingerprint density at radius 1 is 0.889 bits per heavy atom. The molecular weight excluding hydrogens is 216 g/mol. The van der Waals surface area contributed by atoms with Gasteiger partial charge in [0.25, 0.3) is 0 Å². The second kappa shape index (κ2) is 4.81. The number of aryl methyl sites for hydroxylation is 1. The molecule has 0 aliphatic heterocycles. The first-order valence-corrected chi connectivity index (χ1v) is 6.70. The minimum atomic E-state index is 1.14. The van der Waals surface area contributed by atoms with Gasteiger partial charge in [0.15, 0.2) is 0 Å². The number of fused-ring (bicyclic) bond motifs is 2. The Balaban J connectivity index is 2.12. The van der Waals surface area contributed by atoms with Gasteiger partial charge in [0.05, 0.1) is 0 Å². The molecule has 0 heterocycles. The molecule has 3 aromatic rings. The molecule has 0 nitrogen and oxygen atoms in total. The molecular formula is C18H17. The topological polar surface area (TPSA) is 0 Å². The molecule has 0 bridgehead atoms. The first-order chi connectivity index (χ1) is 8.86. The van der Waals surface area contributed by atoms with Gasteiger partial charge in [0.2, 0.25) is 0 Å². The first-order valence-electron chi connectivity index (χ1n) is 6.70. The Morgan fingerprint density at radius 3 is 2.33 bits per heavy atom. The van der Waals surface area contributed by atoms with Crippen LogP contribution in [0.25, 0.3) is 21.5 Å². The molecule has 0 N–H and O–H groups in total. The number of rotatable bonds is 3. The van der Waals surface area contributed by atoms with Gasteiger partial charge in [0.1, 0.15) is 0 Å². The number of hydrogen-bond donors (Lipinski definition) is 0. The Bertz CT molecular complexity index is 680. The van der Waals surface area contributed by atoms with Crippen LogP contribution < -0.4 is 0 Å². The smallest absolute Gasteiger partial charge is 0.0143 e. The van der Waals surface area contributed by atoms with Crippen LogP contribution in [-0.4, -0.2) is 0 Å². The minimum absolute atomic E-state index is 1.14. The fourth-order valence-corrected chi connectivity index (χ4v) is 2.44. The van der Waals surface area contributed by atoms with Gasteiger partial charge in [-0.3, -0.25) is 0 Å². The highest BCUT2D eigenvalue weighted by molar-refractivity contribution is 5.98. The van der Waals surface area contributed by atoms with Gasteiger partial charge in [-0.05, 0) is 64.2 Å². The van der Waals surface area contributed by atoms with E-state index in [4.69, 9.17) is 0 Å². The monoisotopic (exact) mass is 233 g/mol. The standard InChI is InChI=1S/C18H17/c1-2-3-6-14-9-10-17-12-15-7-4-5-8-16(15)13-18(17)11-14/h4-5,7-8,10-13H,2-3,6H2,1H3. The Hall–Kier alpha value is -1.82. The van der Waals surface area contributed by atoms with E-state index in [1.807, 2.05) is 0 Å². The van der Waals surface area contributed by atoms with Crippen LogP contribution in [0.4, 0.5) is 0 Å². The molecule has 89 valence electrons. The Labute approximate surface area is 108 Å². The third kappa shape index (κ3) is 2.11. The molecule has 0 atom stereocenters. The first kappa shape index (κ1) is 11.3. The highest BCUT2D eigenvalue weighted by atomic mass is 14.0. The van der Waals surface area contributed by atoms with Crippen molar-refractivity contribution in [3.05, 3.63) is 60.2 Å². The number of hydrogen-bond acceptors (Lipinski definition) is 0. The van der Waals surface area contributed by atoms with Crippen molar-refractivity contribution in [2.45, 2.75) is 26.2 Å². The zero-order chi connectivity index (χ0) is 12.4. The van der Waals surface area contributed by atoms with Crippen molar-refractivity contribution < 1.29 is 0 Å². The van der Waals surface area contributed by atoms with E-state index in [9.17, 15) is 0 Å². The molecule has 0 amide bonds. The summed E-state index contributed by atoms with van der Waals surface area (Å²) in [5, 5.41) is 5.24. The highest BCUT2D eigenvalue weighted by Gasteiger charge is 2.00. The molecule has 1 radical (unpaired) electrons. The van der Waals surface area contributed by atoms with Gasteiger partial charge in [-0.15, -0.1) is 0 Å². The Kier molecular flexibility index (Phi) is 3.02. The summed E-state index contributed by atoms with van der Waals surface area (Å²) in [6.45, 7) is 2.23. The average Bonchev–Trinajstić information content (AvgIpc) is 2.42. The lowest BCUT2D eigenvalue weighted by molar-refractivity contribution is 0.795. The van der Waals surface area contributed by atoms with E-state index in [-0.39, 0.29) is 0 Å². The largest absolute Gasteiger partial charge is 0.0654 e. The lowest BCUT2D eigenvalue weighted by Gasteiger charge is -2.05. The summed E-state index contributed by atoms with van der Waals surface area (Å²) in [5.41, 5.74) is 1.33. The van der Waals surface area contributed by atoms with Gasteiger partial charge >= 0.3 is 0 Å². The zero-order valence-electron chi connectivity index (χ0n) is 10.7. The predicted molar refractivity (Wildman–Crippen MR) is 78.9 cm³/mol. The van der Waals surface area contributed by atoms with E-state index in [0.29, 0.717) is 0 Å². The van der Waals surface area contributed by atoms with Crippen LogP contribution in [-0.2, 0) is 6.42 Å². The van der Waals surface area contributed by atoms with Crippen molar-refractivity contribution in [3.8, 4) is 0 Å². The lowest BCUT2D eigenvalue weighted by Crippen LogP contribution is -1.85. The van der Waals surface area contributed by atoms with Crippen LogP contribution in [0.1, 0.15) is 25.3 Å². The normalized spacial score (nSPS) is 11.2. The van der Waals surface area contributed by atoms with Gasteiger partial charge in [-0.25, -0.2) is 0 Å². The van der Waals surface area contributed by atoms with Crippen molar-refractivity contribution in [3.63, 3.8) is 0 Å². The number of benzene rings is 3. The van der Waals surface area contributed by atoms with Crippen LogP contribution in [0.15, 0.2) is 48.5 Å². The third-order valence-corrected chi connectivity index (χ3v) is 3.49. The summed E-state index contributed by atoms with van der Waals surface area (Å²) in [6.07, 6.45) is 3.62. The van der Waals surface area contributed by atoms with E-state index in [1.54, 1.807) is 0 Å². The molecule has 0 aromatic heterocycles. The molecule has 0 fully saturated rings. The van der Waals surface area contributed by atoms with Crippen LogP contribution in [0.5, 0.6) is 0 Å². The van der Waals surface area contributed by atoms with Crippen LogP contribution >= 0.6 is 0 Å². The maximum Gasteiger partial charge on any atom is -0.0143 e. The van der Waals surface area contributed by atoms with Crippen molar-refractivity contribution >= 4 is 21.5 Å². The van der Waals surface area contributed by atoms with E-state index in [1.165, 1.54) is 39.9 Å². The second-order valence-corrected chi connectivity index (χ2v) is 4.89. The summed E-state index contributed by atoms with van der Waals surface area (Å²) in [6, 6.07) is 20.9. The third-order valence-electron chi connectivity index (χ3n) is 3.49. The quantitative estimate of drug-likeness (QED) is 0.550. The van der Waals surface area contributed by atoms with Crippen molar-refractivity contribution in [2.24, 2.45) is 0 Å². The fourth-order valence-electron chi connectivity index (χ4n) is 2.44. The molecule has 0 unspecified atom stereocenters. The van der Waals surface area contributed by atoms with Crippen LogP contribution in [0, 0.1) is 6.07 Å². The fraction of sp³-hybridized carbons (Fsp3) is 0.222. The molecule has 0 heteroatoms. The van der Waals surface area contributed by atoms with Gasteiger partial charge in [-0.1, -0.05) is 43.7 Å². The Morgan fingerprint density at radius 2 is 1.61 bits per heavy atom. The van der Waals surface area contributed by atoms with E-state index >= 15 is 0 Å². The molecule has 18 heavy (non-hydrogen) atoms.